The molecule has 0 atom stereocenters. The number of aromatic nitrogens is 1. The van der Waals surface area contributed by atoms with Crippen LogP contribution in [-0.2, 0) is 10.3 Å². The van der Waals surface area contributed by atoms with Crippen LogP contribution in [0.3, 0.4) is 0 Å². The van der Waals surface area contributed by atoms with Gasteiger partial charge in [0.05, 0.1) is 16.9 Å². The number of fused-ring (bicyclic) bond motifs is 4. The van der Waals surface area contributed by atoms with Gasteiger partial charge in [0.25, 0.3) is 0 Å². The Hall–Kier alpha value is -2.23. The van der Waals surface area contributed by atoms with Crippen molar-refractivity contribution in [1.82, 2.24) is 9.47 Å². The van der Waals surface area contributed by atoms with Gasteiger partial charge in [-0.3, -0.25) is 4.79 Å². The Bertz CT molecular complexity index is 739. The van der Waals surface area contributed by atoms with Crippen LogP contribution in [0.15, 0.2) is 36.5 Å². The van der Waals surface area contributed by atoms with Gasteiger partial charge in [0.1, 0.15) is 0 Å². The summed E-state index contributed by atoms with van der Waals surface area (Å²) in [4.78, 5) is 13.6. The number of hydrogen-bond acceptors (Lipinski definition) is 2. The predicted molar refractivity (Wildman–Crippen MR) is 87.3 cm³/mol. The average Bonchev–Trinajstić information content (AvgIpc) is 2.98. The number of piperidine rings is 1. The standard InChI is InChI=1S/C18H21N3O/c1-13-5-6-16-15(12-13)19-18(17-4-3-9-21(16)17)7-10-20(11-8-18)14(2)22/h3-6,9,12,19H,7-8,10-11H2,1-2H3. The zero-order valence-corrected chi connectivity index (χ0v) is 13.1. The molecule has 1 aromatic carbocycles. The Balaban J connectivity index is 1.76. The van der Waals surface area contributed by atoms with Crippen LogP contribution >= 0.6 is 0 Å². The van der Waals surface area contributed by atoms with Crippen molar-refractivity contribution in [2.24, 2.45) is 0 Å². The Morgan fingerprint density at radius 1 is 1.23 bits per heavy atom. The molecule has 1 amide bonds. The molecule has 4 heteroatoms. The number of likely N-dealkylation sites (tertiary alicyclic amines) is 1. The van der Waals surface area contributed by atoms with Crippen LogP contribution in [0.25, 0.3) is 5.69 Å². The van der Waals surface area contributed by atoms with Crippen molar-refractivity contribution in [3.8, 4) is 5.69 Å². The fraction of sp³-hybridized carbons (Fsp3) is 0.389. The van der Waals surface area contributed by atoms with Gasteiger partial charge in [-0.2, -0.15) is 0 Å². The molecular weight excluding hydrogens is 274 g/mol. The molecule has 0 bridgehead atoms. The number of amides is 1. The molecule has 1 fully saturated rings. The maximum Gasteiger partial charge on any atom is 0.219 e. The van der Waals surface area contributed by atoms with Crippen LogP contribution < -0.4 is 5.32 Å². The summed E-state index contributed by atoms with van der Waals surface area (Å²) in [6.07, 6.45) is 4.04. The van der Waals surface area contributed by atoms with Crippen LogP contribution in [0, 0.1) is 6.92 Å². The minimum absolute atomic E-state index is 0.0593. The number of nitrogens with one attached hydrogen (secondary N) is 1. The predicted octanol–water partition coefficient (Wildman–Crippen LogP) is 3.05. The molecule has 0 saturated carbocycles. The van der Waals surface area contributed by atoms with E-state index >= 15 is 0 Å². The lowest BCUT2D eigenvalue weighted by Gasteiger charge is -2.46. The van der Waals surface area contributed by atoms with Crippen LogP contribution in [-0.4, -0.2) is 28.5 Å². The maximum absolute atomic E-state index is 11.6. The number of carbonyl (C=O) groups is 1. The second kappa shape index (κ2) is 4.63. The third kappa shape index (κ3) is 1.86. The minimum Gasteiger partial charge on any atom is -0.372 e. The van der Waals surface area contributed by atoms with Gasteiger partial charge < -0.3 is 14.8 Å². The number of aryl methyl sites for hydroxylation is 1. The first-order valence-electron chi connectivity index (χ1n) is 7.92. The highest BCUT2D eigenvalue weighted by molar-refractivity contribution is 5.73. The highest BCUT2D eigenvalue weighted by Gasteiger charge is 2.41. The molecule has 2 aliphatic rings. The molecule has 0 aliphatic carbocycles. The molecule has 0 radical (unpaired) electrons. The maximum atomic E-state index is 11.6. The van der Waals surface area contributed by atoms with Gasteiger partial charge in [-0.15, -0.1) is 0 Å². The van der Waals surface area contributed by atoms with Crippen LogP contribution in [0.1, 0.15) is 31.0 Å². The lowest BCUT2D eigenvalue weighted by atomic mass is 9.82. The molecule has 1 N–H and O–H groups in total. The van der Waals surface area contributed by atoms with Crippen LogP contribution in [0.5, 0.6) is 0 Å². The zero-order chi connectivity index (χ0) is 15.3. The van der Waals surface area contributed by atoms with E-state index in [4.69, 9.17) is 0 Å². The van der Waals surface area contributed by atoms with Gasteiger partial charge in [-0.1, -0.05) is 6.07 Å². The summed E-state index contributed by atoms with van der Waals surface area (Å²) in [6.45, 7) is 5.41. The van der Waals surface area contributed by atoms with Gasteiger partial charge in [-0.05, 0) is 49.6 Å². The molecule has 22 heavy (non-hydrogen) atoms. The van der Waals surface area contributed by atoms with Crippen LogP contribution in [0.2, 0.25) is 0 Å². The molecule has 1 saturated heterocycles. The normalized spacial score (nSPS) is 18.5. The van der Waals surface area contributed by atoms with E-state index in [-0.39, 0.29) is 11.4 Å². The molecule has 1 aromatic heterocycles. The molecule has 2 aromatic rings. The second-order valence-electron chi connectivity index (χ2n) is 6.50. The van der Waals surface area contributed by atoms with Crippen molar-refractivity contribution in [3.05, 3.63) is 47.8 Å². The Labute approximate surface area is 130 Å². The molecule has 4 rings (SSSR count). The quantitative estimate of drug-likeness (QED) is 0.811. The minimum atomic E-state index is -0.0593. The van der Waals surface area contributed by atoms with E-state index in [0.717, 1.165) is 25.9 Å². The third-order valence-corrected chi connectivity index (χ3v) is 5.09. The monoisotopic (exact) mass is 295 g/mol. The van der Waals surface area contributed by atoms with E-state index in [0.29, 0.717) is 0 Å². The van der Waals surface area contributed by atoms with Crippen molar-refractivity contribution in [1.29, 1.82) is 0 Å². The van der Waals surface area contributed by atoms with Crippen molar-refractivity contribution >= 4 is 11.6 Å². The second-order valence-corrected chi connectivity index (χ2v) is 6.50. The first-order chi connectivity index (χ1) is 10.6. The summed E-state index contributed by atoms with van der Waals surface area (Å²) >= 11 is 0. The summed E-state index contributed by atoms with van der Waals surface area (Å²) in [6, 6.07) is 10.9. The van der Waals surface area contributed by atoms with E-state index in [1.54, 1.807) is 6.92 Å². The molecule has 2 aliphatic heterocycles. The molecule has 0 unspecified atom stereocenters. The Morgan fingerprint density at radius 2 is 2.00 bits per heavy atom. The number of rotatable bonds is 0. The number of carbonyl (C=O) groups excluding carboxylic acids is 1. The highest BCUT2D eigenvalue weighted by atomic mass is 16.2. The molecular formula is C18H21N3O. The van der Waals surface area contributed by atoms with E-state index in [2.05, 4.69) is 53.3 Å². The summed E-state index contributed by atoms with van der Waals surface area (Å²) in [5.41, 5.74) is 4.92. The van der Waals surface area contributed by atoms with E-state index < -0.39 is 0 Å². The topological polar surface area (TPSA) is 37.3 Å². The van der Waals surface area contributed by atoms with E-state index in [1.165, 1.54) is 22.6 Å². The summed E-state index contributed by atoms with van der Waals surface area (Å²) in [5, 5.41) is 3.80. The Kier molecular flexibility index (Phi) is 2.83. The van der Waals surface area contributed by atoms with Gasteiger partial charge in [0.2, 0.25) is 5.91 Å². The van der Waals surface area contributed by atoms with Crippen LogP contribution in [0.4, 0.5) is 5.69 Å². The first-order valence-corrected chi connectivity index (χ1v) is 7.92. The number of nitrogens with zero attached hydrogens (tertiary/aromatic N) is 2. The lowest BCUT2D eigenvalue weighted by Crippen LogP contribution is -2.50. The van der Waals surface area contributed by atoms with Gasteiger partial charge in [0.15, 0.2) is 0 Å². The van der Waals surface area contributed by atoms with E-state index in [9.17, 15) is 4.79 Å². The summed E-state index contributed by atoms with van der Waals surface area (Å²) in [5.74, 6) is 0.178. The molecule has 1 spiro atoms. The SMILES string of the molecule is CC(=O)N1CCC2(CC1)Nc1cc(C)ccc1-n1cccc12. The first kappa shape index (κ1) is 13.4. The zero-order valence-electron chi connectivity index (χ0n) is 13.1. The van der Waals surface area contributed by atoms with Gasteiger partial charge in [-0.25, -0.2) is 0 Å². The van der Waals surface area contributed by atoms with Crippen molar-refractivity contribution < 1.29 is 4.79 Å². The molecule has 114 valence electrons. The highest BCUT2D eigenvalue weighted by Crippen LogP contribution is 2.43. The summed E-state index contributed by atoms with van der Waals surface area (Å²) < 4.78 is 2.30. The fourth-order valence-corrected chi connectivity index (χ4v) is 3.85. The largest absolute Gasteiger partial charge is 0.372 e. The number of anilines is 1. The molecule has 3 heterocycles. The number of benzene rings is 1. The van der Waals surface area contributed by atoms with Crippen molar-refractivity contribution in [2.45, 2.75) is 32.2 Å². The third-order valence-electron chi connectivity index (χ3n) is 5.09. The number of hydrogen-bond donors (Lipinski definition) is 1. The summed E-state index contributed by atoms with van der Waals surface area (Å²) in [7, 11) is 0. The van der Waals surface area contributed by atoms with Crippen molar-refractivity contribution in [3.63, 3.8) is 0 Å². The Morgan fingerprint density at radius 3 is 2.73 bits per heavy atom. The molecule has 4 nitrogen and oxygen atoms in total. The van der Waals surface area contributed by atoms with Gasteiger partial charge >= 0.3 is 0 Å². The fourth-order valence-electron chi connectivity index (χ4n) is 3.85. The lowest BCUT2D eigenvalue weighted by molar-refractivity contribution is -0.130. The van der Waals surface area contributed by atoms with Gasteiger partial charge in [0, 0.05) is 31.9 Å². The van der Waals surface area contributed by atoms with Crippen molar-refractivity contribution in [2.75, 3.05) is 18.4 Å². The smallest absolute Gasteiger partial charge is 0.219 e. The average molecular weight is 295 g/mol. The van der Waals surface area contributed by atoms with E-state index in [1.807, 2.05) is 4.90 Å².